The average Bonchev–Trinajstić information content (AvgIpc) is 2.95. The third-order valence-electron chi connectivity index (χ3n) is 7.20. The van der Waals surface area contributed by atoms with Gasteiger partial charge in [-0.05, 0) is 65.9 Å². The number of nitrogens with one attached hydrogen (secondary N) is 1. The summed E-state index contributed by atoms with van der Waals surface area (Å²) < 4.78 is 130. The molecular weight excluding hydrogens is 613 g/mol. The molecule has 0 bridgehead atoms. The molecule has 0 aliphatic heterocycles. The van der Waals surface area contributed by atoms with E-state index in [1.807, 2.05) is 0 Å². The second-order valence-electron chi connectivity index (χ2n) is 10.5. The first-order valence-corrected chi connectivity index (χ1v) is 13.7. The van der Waals surface area contributed by atoms with Crippen LogP contribution in [-0.4, -0.2) is 31.4 Å². The van der Waals surface area contributed by atoms with Gasteiger partial charge in [-0.2, -0.15) is 0 Å². The van der Waals surface area contributed by atoms with Gasteiger partial charge in [0.15, 0.2) is 6.17 Å². The fourth-order valence-corrected chi connectivity index (χ4v) is 5.05. The molecule has 4 aromatic carbocycles. The second kappa shape index (κ2) is 13.3. The minimum atomic E-state index is -5.03. The average molecular weight is 642 g/mol. The lowest BCUT2D eigenvalue weighted by molar-refractivity contribution is -0.275. The molecule has 0 fully saturated rings. The summed E-state index contributed by atoms with van der Waals surface area (Å²) in [6, 6.07) is 24.6. The van der Waals surface area contributed by atoms with E-state index >= 15 is 0 Å². The van der Waals surface area contributed by atoms with Gasteiger partial charge in [0.1, 0.15) is 11.5 Å². The number of para-hydroxylation sites is 1. The molecule has 0 saturated heterocycles. The maximum atomic E-state index is 14.4. The molecule has 0 radical (unpaired) electrons. The maximum absolute atomic E-state index is 14.4. The van der Waals surface area contributed by atoms with Gasteiger partial charge in [-0.3, -0.25) is 0 Å². The van der Waals surface area contributed by atoms with Gasteiger partial charge >= 0.3 is 12.7 Å². The number of hydrogen-bond acceptors (Lipinski definition) is 3. The fourth-order valence-electron chi connectivity index (χ4n) is 5.05. The van der Waals surface area contributed by atoms with Crippen LogP contribution in [-0.2, 0) is 18.3 Å². The van der Waals surface area contributed by atoms with Crippen molar-refractivity contribution >= 4 is 5.69 Å². The van der Waals surface area contributed by atoms with Crippen LogP contribution < -0.4 is 14.8 Å². The first kappa shape index (κ1) is 33.5. The third-order valence-corrected chi connectivity index (χ3v) is 7.20. The van der Waals surface area contributed by atoms with Crippen LogP contribution in [0.25, 0.3) is 0 Å². The van der Waals surface area contributed by atoms with Crippen LogP contribution in [0.5, 0.6) is 11.5 Å². The first-order chi connectivity index (χ1) is 21.1. The molecule has 4 rings (SSSR count). The van der Waals surface area contributed by atoms with E-state index < -0.39 is 48.2 Å². The molecule has 240 valence electrons. The Morgan fingerprint density at radius 1 is 0.622 bits per heavy atom. The van der Waals surface area contributed by atoms with Gasteiger partial charge < -0.3 is 14.8 Å². The highest BCUT2D eigenvalue weighted by Crippen LogP contribution is 2.41. The number of ether oxygens (including phenoxy) is 2. The zero-order valence-corrected chi connectivity index (χ0v) is 23.7. The van der Waals surface area contributed by atoms with Crippen molar-refractivity contribution in [2.45, 2.75) is 50.0 Å². The predicted molar refractivity (Wildman–Crippen MR) is 151 cm³/mol. The van der Waals surface area contributed by atoms with Crippen molar-refractivity contribution in [2.75, 3.05) is 11.9 Å². The lowest BCUT2D eigenvalue weighted by atomic mass is 9.70. The van der Waals surface area contributed by atoms with Crippen LogP contribution in [0.15, 0.2) is 103 Å². The van der Waals surface area contributed by atoms with Gasteiger partial charge in [-0.1, -0.05) is 72.8 Å². The number of benzene rings is 4. The molecule has 0 amide bonds. The molecule has 0 heterocycles. The fraction of sp³-hybridized carbons (Fsp3) is 0.273. The van der Waals surface area contributed by atoms with Crippen LogP contribution >= 0.6 is 0 Å². The van der Waals surface area contributed by atoms with E-state index in [0.29, 0.717) is 5.56 Å². The summed E-state index contributed by atoms with van der Waals surface area (Å²) in [5.41, 5.74) is -0.102. The highest BCUT2D eigenvalue weighted by molar-refractivity contribution is 5.55. The van der Waals surface area contributed by atoms with Gasteiger partial charge in [0.2, 0.25) is 0 Å². The quantitative estimate of drug-likeness (QED) is 0.156. The summed E-state index contributed by atoms with van der Waals surface area (Å²) in [5, 5.41) is 3.09. The van der Waals surface area contributed by atoms with Crippen molar-refractivity contribution in [3.8, 4) is 11.5 Å². The van der Waals surface area contributed by atoms with E-state index in [1.54, 1.807) is 36.4 Å². The predicted octanol–water partition coefficient (Wildman–Crippen LogP) is 9.66. The Balaban J connectivity index is 1.90. The molecular formula is C33H28F9NO2. The number of hydrogen-bond donors (Lipinski definition) is 1. The van der Waals surface area contributed by atoms with Crippen LogP contribution in [0, 0.1) is 0 Å². The molecule has 0 spiro atoms. The Morgan fingerprint density at radius 2 is 1.13 bits per heavy atom. The molecule has 3 nitrogen and oxygen atoms in total. The van der Waals surface area contributed by atoms with Crippen molar-refractivity contribution in [3.05, 3.63) is 125 Å². The summed E-state index contributed by atoms with van der Waals surface area (Å²) in [4.78, 5) is 0. The minimum Gasteiger partial charge on any atom is -0.406 e. The van der Waals surface area contributed by atoms with Gasteiger partial charge in [-0.25, -0.2) is 13.2 Å². The third kappa shape index (κ3) is 9.09. The van der Waals surface area contributed by atoms with E-state index in [9.17, 15) is 39.5 Å². The summed E-state index contributed by atoms with van der Waals surface area (Å²) in [7, 11) is 0. The number of rotatable bonds is 12. The van der Waals surface area contributed by atoms with Gasteiger partial charge in [0.25, 0.3) is 5.92 Å². The largest absolute Gasteiger partial charge is 0.573 e. The topological polar surface area (TPSA) is 30.5 Å². The van der Waals surface area contributed by atoms with E-state index in [0.717, 1.165) is 31.2 Å². The molecule has 12 heteroatoms. The highest BCUT2D eigenvalue weighted by atomic mass is 19.4. The van der Waals surface area contributed by atoms with Crippen LogP contribution in [0.4, 0.5) is 45.2 Å². The van der Waals surface area contributed by atoms with Crippen LogP contribution in [0.1, 0.15) is 29.2 Å². The summed E-state index contributed by atoms with van der Waals surface area (Å²) in [6.45, 7) is 0.535. The van der Waals surface area contributed by atoms with Gasteiger partial charge in [0, 0.05) is 24.1 Å². The van der Waals surface area contributed by atoms with E-state index in [2.05, 4.69) is 14.8 Å². The van der Waals surface area contributed by atoms with Crippen molar-refractivity contribution in [1.29, 1.82) is 0 Å². The zero-order chi connectivity index (χ0) is 32.9. The lowest BCUT2D eigenvalue weighted by Gasteiger charge is -2.37. The molecule has 0 aliphatic carbocycles. The standard InChI is InChI=1S/C33H28F9NO2/c1-22(34)31(35,36)20-24-11-5-6-16-29(24)43-21-30(19-23-9-3-2-4-10-23,25-12-7-14-27(17-25)44-32(37,38)39)26-13-8-15-28(18-26)45-33(40,41)42/h2-18,22,43H,19-21H2,1H3. The lowest BCUT2D eigenvalue weighted by Crippen LogP contribution is -2.39. The number of halogens is 9. The Morgan fingerprint density at radius 3 is 1.64 bits per heavy atom. The van der Waals surface area contributed by atoms with Crippen molar-refractivity contribution in [3.63, 3.8) is 0 Å². The zero-order valence-electron chi connectivity index (χ0n) is 23.7. The SMILES string of the molecule is CC(F)C(F)(F)Cc1ccccc1NCC(Cc1ccccc1)(c1cccc(OC(F)(F)F)c1)c1cccc(OC(F)(F)F)c1. The smallest absolute Gasteiger partial charge is 0.406 e. The Bertz CT molecular complexity index is 1490. The highest BCUT2D eigenvalue weighted by Gasteiger charge is 2.40. The summed E-state index contributed by atoms with van der Waals surface area (Å²) >= 11 is 0. The summed E-state index contributed by atoms with van der Waals surface area (Å²) in [5.74, 6) is -4.85. The Labute approximate surface area is 253 Å². The molecule has 1 N–H and O–H groups in total. The monoisotopic (exact) mass is 641 g/mol. The first-order valence-electron chi connectivity index (χ1n) is 13.7. The molecule has 45 heavy (non-hydrogen) atoms. The minimum absolute atomic E-state index is 0.0334. The molecule has 1 atom stereocenters. The van der Waals surface area contributed by atoms with Crippen molar-refractivity contribution in [2.24, 2.45) is 0 Å². The van der Waals surface area contributed by atoms with Crippen molar-refractivity contribution < 1.29 is 49.0 Å². The van der Waals surface area contributed by atoms with E-state index in [-0.39, 0.29) is 35.3 Å². The van der Waals surface area contributed by atoms with Gasteiger partial charge in [-0.15, -0.1) is 26.3 Å². The number of alkyl halides is 9. The van der Waals surface area contributed by atoms with E-state index in [1.165, 1.54) is 42.5 Å². The molecule has 1 unspecified atom stereocenters. The Kier molecular flexibility index (Phi) is 9.94. The van der Waals surface area contributed by atoms with Gasteiger partial charge in [0.05, 0.1) is 0 Å². The molecule has 4 aromatic rings. The molecule has 0 aromatic heterocycles. The molecule has 0 aliphatic rings. The van der Waals surface area contributed by atoms with Crippen molar-refractivity contribution in [1.82, 2.24) is 0 Å². The van der Waals surface area contributed by atoms with Crippen LogP contribution in [0.3, 0.4) is 0 Å². The normalized spacial score (nSPS) is 13.3. The second-order valence-corrected chi connectivity index (χ2v) is 10.5. The summed E-state index contributed by atoms with van der Waals surface area (Å²) in [6.07, 6.45) is -13.4. The molecule has 0 saturated carbocycles. The van der Waals surface area contributed by atoms with E-state index in [4.69, 9.17) is 0 Å². The Hall–Kier alpha value is -4.35. The van der Waals surface area contributed by atoms with Crippen LogP contribution in [0.2, 0.25) is 0 Å². The maximum Gasteiger partial charge on any atom is 0.573 e. The number of anilines is 1.